The lowest BCUT2D eigenvalue weighted by molar-refractivity contribution is -0.157. The molecule has 2 fully saturated rings. The Morgan fingerprint density at radius 1 is 1.42 bits per heavy atom. The van der Waals surface area contributed by atoms with Crippen LogP contribution in [0.2, 0.25) is 0 Å². The fourth-order valence-corrected chi connectivity index (χ4v) is 1.83. The molecule has 0 aromatic rings. The molecule has 2 aliphatic heterocycles. The Morgan fingerprint density at radius 2 is 2.33 bits per heavy atom. The van der Waals surface area contributed by atoms with Gasteiger partial charge >= 0.3 is 0 Å². The molecule has 0 aromatic carbocycles. The molecule has 4 heteroatoms. The SMILES string of the molecule is O=C1NCCO[C@@]12CCCNC2. The van der Waals surface area contributed by atoms with Crippen LogP contribution >= 0.6 is 0 Å². The minimum Gasteiger partial charge on any atom is -0.362 e. The van der Waals surface area contributed by atoms with Crippen molar-refractivity contribution >= 4 is 5.91 Å². The van der Waals surface area contributed by atoms with Gasteiger partial charge in [0.1, 0.15) is 0 Å². The van der Waals surface area contributed by atoms with Crippen LogP contribution in [0.1, 0.15) is 12.8 Å². The summed E-state index contributed by atoms with van der Waals surface area (Å²) in [4.78, 5) is 11.5. The number of hydrogen-bond acceptors (Lipinski definition) is 3. The average molecular weight is 170 g/mol. The first-order valence-corrected chi connectivity index (χ1v) is 4.46. The van der Waals surface area contributed by atoms with Gasteiger partial charge in [0.05, 0.1) is 6.61 Å². The minimum atomic E-state index is -0.545. The highest BCUT2D eigenvalue weighted by molar-refractivity contribution is 5.86. The van der Waals surface area contributed by atoms with Gasteiger partial charge < -0.3 is 15.4 Å². The van der Waals surface area contributed by atoms with Gasteiger partial charge in [-0.2, -0.15) is 0 Å². The molecule has 2 rings (SSSR count). The van der Waals surface area contributed by atoms with Gasteiger partial charge in [-0.15, -0.1) is 0 Å². The maximum Gasteiger partial charge on any atom is 0.253 e. The number of hydrogen-bond donors (Lipinski definition) is 2. The topological polar surface area (TPSA) is 50.4 Å². The van der Waals surface area contributed by atoms with Gasteiger partial charge in [-0.3, -0.25) is 4.79 Å². The molecule has 0 unspecified atom stereocenters. The molecule has 2 N–H and O–H groups in total. The van der Waals surface area contributed by atoms with Crippen molar-refractivity contribution in [3.63, 3.8) is 0 Å². The fraction of sp³-hybridized carbons (Fsp3) is 0.875. The van der Waals surface area contributed by atoms with E-state index in [2.05, 4.69) is 10.6 Å². The molecular formula is C8H14N2O2. The summed E-state index contributed by atoms with van der Waals surface area (Å²) in [5.41, 5.74) is -0.545. The summed E-state index contributed by atoms with van der Waals surface area (Å²) in [5.74, 6) is 0.0564. The third-order valence-electron chi connectivity index (χ3n) is 2.52. The third-order valence-corrected chi connectivity index (χ3v) is 2.52. The molecule has 0 radical (unpaired) electrons. The predicted molar refractivity (Wildman–Crippen MR) is 43.8 cm³/mol. The Morgan fingerprint density at radius 3 is 3.00 bits per heavy atom. The van der Waals surface area contributed by atoms with Crippen molar-refractivity contribution < 1.29 is 9.53 Å². The monoisotopic (exact) mass is 170 g/mol. The zero-order chi connectivity index (χ0) is 8.44. The third kappa shape index (κ3) is 1.21. The second-order valence-electron chi connectivity index (χ2n) is 3.38. The maximum absolute atomic E-state index is 11.5. The van der Waals surface area contributed by atoms with Gasteiger partial charge in [0.2, 0.25) is 0 Å². The van der Waals surface area contributed by atoms with E-state index < -0.39 is 5.60 Å². The van der Waals surface area contributed by atoms with Gasteiger partial charge in [0.25, 0.3) is 5.91 Å². The Bertz CT molecular complexity index is 179. The molecule has 0 aliphatic carbocycles. The number of nitrogens with one attached hydrogen (secondary N) is 2. The quantitative estimate of drug-likeness (QED) is 0.503. The van der Waals surface area contributed by atoms with Crippen LogP contribution in [0.4, 0.5) is 0 Å². The van der Waals surface area contributed by atoms with E-state index in [9.17, 15) is 4.79 Å². The van der Waals surface area contributed by atoms with Crippen LogP contribution in [0, 0.1) is 0 Å². The van der Waals surface area contributed by atoms with E-state index in [1.165, 1.54) is 0 Å². The zero-order valence-corrected chi connectivity index (χ0v) is 7.06. The van der Waals surface area contributed by atoms with Crippen LogP contribution < -0.4 is 10.6 Å². The van der Waals surface area contributed by atoms with Crippen molar-refractivity contribution in [3.8, 4) is 0 Å². The van der Waals surface area contributed by atoms with Crippen LogP contribution in [0.25, 0.3) is 0 Å². The second-order valence-corrected chi connectivity index (χ2v) is 3.38. The van der Waals surface area contributed by atoms with Gasteiger partial charge in [0, 0.05) is 13.1 Å². The summed E-state index contributed by atoms with van der Waals surface area (Å²) in [5, 5.41) is 6.03. The molecule has 4 nitrogen and oxygen atoms in total. The lowest BCUT2D eigenvalue weighted by Crippen LogP contribution is -2.61. The number of amides is 1. The molecular weight excluding hydrogens is 156 g/mol. The van der Waals surface area contributed by atoms with Crippen molar-refractivity contribution in [2.45, 2.75) is 18.4 Å². The first kappa shape index (κ1) is 8.01. The molecule has 2 saturated heterocycles. The Hall–Kier alpha value is -0.610. The number of carbonyl (C=O) groups is 1. The van der Waals surface area contributed by atoms with E-state index in [4.69, 9.17) is 4.74 Å². The normalized spacial score (nSPS) is 36.5. The molecule has 0 saturated carbocycles. The Balaban J connectivity index is 2.09. The molecule has 68 valence electrons. The van der Waals surface area contributed by atoms with E-state index in [0.717, 1.165) is 19.4 Å². The molecule has 1 amide bonds. The molecule has 0 bridgehead atoms. The molecule has 1 atom stereocenters. The van der Waals surface area contributed by atoms with E-state index in [1.807, 2.05) is 0 Å². The number of morpholine rings is 1. The van der Waals surface area contributed by atoms with Crippen LogP contribution in [-0.4, -0.2) is 37.7 Å². The van der Waals surface area contributed by atoms with E-state index >= 15 is 0 Å². The summed E-state index contributed by atoms with van der Waals surface area (Å²) >= 11 is 0. The minimum absolute atomic E-state index is 0.0564. The van der Waals surface area contributed by atoms with Crippen molar-refractivity contribution in [3.05, 3.63) is 0 Å². The van der Waals surface area contributed by atoms with E-state index in [1.54, 1.807) is 0 Å². The number of ether oxygens (including phenoxy) is 1. The number of rotatable bonds is 0. The number of carbonyl (C=O) groups excluding carboxylic acids is 1. The summed E-state index contributed by atoms with van der Waals surface area (Å²) in [7, 11) is 0. The van der Waals surface area contributed by atoms with Gasteiger partial charge in [-0.05, 0) is 19.4 Å². The summed E-state index contributed by atoms with van der Waals surface area (Å²) < 4.78 is 5.54. The maximum atomic E-state index is 11.5. The second kappa shape index (κ2) is 3.03. The highest BCUT2D eigenvalue weighted by Crippen LogP contribution is 2.22. The van der Waals surface area contributed by atoms with Crippen LogP contribution in [0.3, 0.4) is 0 Å². The molecule has 2 aliphatic rings. The van der Waals surface area contributed by atoms with Crippen LogP contribution in [0.15, 0.2) is 0 Å². The van der Waals surface area contributed by atoms with E-state index in [0.29, 0.717) is 19.7 Å². The molecule has 1 spiro atoms. The van der Waals surface area contributed by atoms with Crippen molar-refractivity contribution in [1.82, 2.24) is 10.6 Å². The Labute approximate surface area is 71.7 Å². The largest absolute Gasteiger partial charge is 0.362 e. The van der Waals surface area contributed by atoms with Gasteiger partial charge in [-0.1, -0.05) is 0 Å². The zero-order valence-electron chi connectivity index (χ0n) is 7.06. The van der Waals surface area contributed by atoms with Crippen LogP contribution in [-0.2, 0) is 9.53 Å². The Kier molecular flexibility index (Phi) is 2.02. The summed E-state index contributed by atoms with van der Waals surface area (Å²) in [6, 6.07) is 0. The molecule has 2 heterocycles. The van der Waals surface area contributed by atoms with Crippen molar-refractivity contribution in [2.75, 3.05) is 26.2 Å². The van der Waals surface area contributed by atoms with Gasteiger partial charge in [-0.25, -0.2) is 0 Å². The lowest BCUT2D eigenvalue weighted by atomic mass is 9.92. The molecule has 12 heavy (non-hydrogen) atoms. The lowest BCUT2D eigenvalue weighted by Gasteiger charge is -2.38. The first-order valence-electron chi connectivity index (χ1n) is 4.46. The summed E-state index contributed by atoms with van der Waals surface area (Å²) in [6.45, 7) is 2.96. The predicted octanol–water partition coefficient (Wildman–Crippen LogP) is -0.745. The average Bonchev–Trinajstić information content (AvgIpc) is 2.12. The fourth-order valence-electron chi connectivity index (χ4n) is 1.83. The smallest absolute Gasteiger partial charge is 0.253 e. The first-order chi connectivity index (χ1) is 5.83. The standard InChI is InChI=1S/C8H14N2O2/c11-7-8(12-5-4-10-7)2-1-3-9-6-8/h9H,1-6H2,(H,10,11)/t8-/m1/s1. The summed E-state index contributed by atoms with van der Waals surface area (Å²) in [6.07, 6.45) is 1.87. The number of piperidine rings is 1. The molecule has 0 aromatic heterocycles. The van der Waals surface area contributed by atoms with Crippen molar-refractivity contribution in [1.29, 1.82) is 0 Å². The van der Waals surface area contributed by atoms with Gasteiger partial charge in [0.15, 0.2) is 5.60 Å². The van der Waals surface area contributed by atoms with Crippen molar-refractivity contribution in [2.24, 2.45) is 0 Å². The van der Waals surface area contributed by atoms with E-state index in [-0.39, 0.29) is 5.91 Å². The highest BCUT2D eigenvalue weighted by atomic mass is 16.5. The van der Waals surface area contributed by atoms with Crippen LogP contribution in [0.5, 0.6) is 0 Å². The highest BCUT2D eigenvalue weighted by Gasteiger charge is 2.42.